The summed E-state index contributed by atoms with van der Waals surface area (Å²) < 4.78 is 28.4. The topological polar surface area (TPSA) is 175 Å². The predicted molar refractivity (Wildman–Crippen MR) is 132 cm³/mol. The summed E-state index contributed by atoms with van der Waals surface area (Å²) in [5.74, 6) is -3.97. The zero-order valence-electron chi connectivity index (χ0n) is 21.4. The third kappa shape index (κ3) is 8.28. The lowest BCUT2D eigenvalue weighted by molar-refractivity contribution is -0.203. The van der Waals surface area contributed by atoms with Crippen molar-refractivity contribution in [3.63, 3.8) is 0 Å². The molecule has 2 rings (SSSR count). The molecule has 0 spiro atoms. The molecule has 2 heterocycles. The number of esters is 5. The van der Waals surface area contributed by atoms with Gasteiger partial charge in [-0.1, -0.05) is 11.6 Å². The van der Waals surface area contributed by atoms with Crippen molar-refractivity contribution >= 4 is 64.4 Å². The maximum atomic E-state index is 12.3. The Kier molecular flexibility index (Phi) is 11.3. The average Bonchev–Trinajstić information content (AvgIpc) is 3.23. The van der Waals surface area contributed by atoms with E-state index in [1.54, 1.807) is 6.26 Å². The Labute approximate surface area is 226 Å². The van der Waals surface area contributed by atoms with Crippen molar-refractivity contribution in [2.24, 2.45) is 0 Å². The van der Waals surface area contributed by atoms with E-state index >= 15 is 0 Å². The molecule has 0 amide bonds. The molecule has 0 aliphatic carbocycles. The first-order valence-electron chi connectivity index (χ1n) is 11.0. The summed E-state index contributed by atoms with van der Waals surface area (Å²) >= 11 is 7.29. The number of rotatable bonds is 12. The van der Waals surface area contributed by atoms with E-state index in [0.29, 0.717) is 0 Å². The fourth-order valence-corrected chi connectivity index (χ4v) is 4.60. The van der Waals surface area contributed by atoms with Gasteiger partial charge in [-0.2, -0.15) is 0 Å². The average molecular weight is 575 g/mol. The Morgan fingerprint density at radius 3 is 1.89 bits per heavy atom. The normalized spacial score (nSPS) is 14.9. The largest absolute Gasteiger partial charge is 0.462 e. The second-order valence-corrected chi connectivity index (χ2v) is 9.10. The molecule has 0 aliphatic heterocycles. The van der Waals surface area contributed by atoms with Crippen molar-refractivity contribution in [2.75, 3.05) is 12.9 Å². The molecule has 0 radical (unpaired) electrons. The van der Waals surface area contributed by atoms with Crippen LogP contribution in [0, 0.1) is 0 Å². The quantitative estimate of drug-likeness (QED) is 0.203. The minimum atomic E-state index is -1.58. The molecule has 38 heavy (non-hydrogen) atoms. The monoisotopic (exact) mass is 574 g/mol. The van der Waals surface area contributed by atoms with Crippen LogP contribution in [0.25, 0.3) is 11.2 Å². The fraction of sp³-hybridized carbons (Fsp3) is 0.545. The highest BCUT2D eigenvalue weighted by molar-refractivity contribution is 7.98. The highest BCUT2D eigenvalue weighted by Crippen LogP contribution is 2.35. The Hall–Kier alpha value is -3.46. The minimum Gasteiger partial charge on any atom is -0.462 e. The van der Waals surface area contributed by atoms with Crippen LogP contribution in [0.3, 0.4) is 0 Å². The van der Waals surface area contributed by atoms with Gasteiger partial charge in [-0.3, -0.25) is 28.5 Å². The van der Waals surface area contributed by atoms with Gasteiger partial charge in [0.1, 0.15) is 23.8 Å². The highest BCUT2D eigenvalue weighted by Gasteiger charge is 2.47. The van der Waals surface area contributed by atoms with E-state index in [4.69, 9.17) is 35.3 Å². The van der Waals surface area contributed by atoms with Crippen molar-refractivity contribution < 1.29 is 47.7 Å². The Balaban J connectivity index is 2.72. The molecule has 0 aromatic carbocycles. The van der Waals surface area contributed by atoms with E-state index in [2.05, 4.69) is 15.0 Å². The van der Waals surface area contributed by atoms with Gasteiger partial charge in [0.15, 0.2) is 35.2 Å². The maximum Gasteiger partial charge on any atom is 0.303 e. The SMILES string of the molecule is CSC(C(OC(C)=O)C(OC(C)=O)C(OC(C)=O)C(COC(C)=O)OC(C)=O)n1cnc2c(Cl)ncnc21. The van der Waals surface area contributed by atoms with Crippen LogP contribution in [0.15, 0.2) is 12.7 Å². The molecule has 0 N–H and O–H groups in total. The molecule has 16 heteroatoms. The fourth-order valence-electron chi connectivity index (χ4n) is 3.56. The van der Waals surface area contributed by atoms with E-state index in [9.17, 15) is 24.0 Å². The number of fused-ring (bicyclic) bond motifs is 1. The first kappa shape index (κ1) is 30.8. The number of nitrogens with zero attached hydrogens (tertiary/aromatic N) is 4. The van der Waals surface area contributed by atoms with Crippen molar-refractivity contribution in [3.8, 4) is 0 Å². The summed E-state index contributed by atoms with van der Waals surface area (Å²) in [5.41, 5.74) is 0.520. The first-order chi connectivity index (χ1) is 17.8. The molecule has 5 atom stereocenters. The molecule has 5 unspecified atom stereocenters. The molecule has 14 nitrogen and oxygen atoms in total. The second kappa shape index (κ2) is 13.9. The number of ether oxygens (including phenoxy) is 5. The summed E-state index contributed by atoms with van der Waals surface area (Å²) in [4.78, 5) is 72.3. The molecule has 0 saturated carbocycles. The lowest BCUT2D eigenvalue weighted by Crippen LogP contribution is -2.54. The van der Waals surface area contributed by atoms with Crippen LogP contribution in [-0.4, -0.2) is 86.6 Å². The van der Waals surface area contributed by atoms with E-state index < -0.39 is 66.2 Å². The standard InChI is InChI=1S/C22H27ClN4O10S/c1-10(28)33-7-15(34-11(2)29)17(35-12(3)30)18(36-13(4)31)19(37-14(5)32)22(38-6)27-9-26-16-20(23)24-8-25-21(16)27/h8-9,15,17-19,22H,7H2,1-6H3. The van der Waals surface area contributed by atoms with Crippen molar-refractivity contribution in [1.82, 2.24) is 19.5 Å². The summed E-state index contributed by atoms with van der Waals surface area (Å²) in [6.07, 6.45) is -1.71. The summed E-state index contributed by atoms with van der Waals surface area (Å²) in [7, 11) is 0. The van der Waals surface area contributed by atoms with E-state index in [-0.39, 0.29) is 16.3 Å². The van der Waals surface area contributed by atoms with Gasteiger partial charge in [0.25, 0.3) is 0 Å². The number of hydrogen-bond donors (Lipinski definition) is 0. The van der Waals surface area contributed by atoms with E-state index in [0.717, 1.165) is 46.4 Å². The van der Waals surface area contributed by atoms with Gasteiger partial charge in [-0.05, 0) is 6.26 Å². The zero-order valence-corrected chi connectivity index (χ0v) is 23.0. The lowest BCUT2D eigenvalue weighted by Gasteiger charge is -2.38. The number of thioether (sulfide) groups is 1. The zero-order chi connectivity index (χ0) is 28.6. The highest BCUT2D eigenvalue weighted by atomic mass is 35.5. The number of aromatic nitrogens is 4. The maximum absolute atomic E-state index is 12.3. The molecule has 0 bridgehead atoms. The Morgan fingerprint density at radius 2 is 1.37 bits per heavy atom. The number of halogens is 1. The number of hydrogen-bond acceptors (Lipinski definition) is 14. The minimum absolute atomic E-state index is 0.0725. The van der Waals surface area contributed by atoms with Gasteiger partial charge in [0.05, 0.1) is 6.33 Å². The van der Waals surface area contributed by atoms with Crippen LogP contribution in [0.2, 0.25) is 5.15 Å². The van der Waals surface area contributed by atoms with E-state index in [1.807, 2.05) is 0 Å². The molecule has 208 valence electrons. The molecule has 2 aromatic heterocycles. The van der Waals surface area contributed by atoms with Crippen LogP contribution in [-0.2, 0) is 47.7 Å². The van der Waals surface area contributed by atoms with Gasteiger partial charge in [-0.15, -0.1) is 11.8 Å². The van der Waals surface area contributed by atoms with Gasteiger partial charge in [-0.25, -0.2) is 15.0 Å². The number of carbonyl (C=O) groups excluding carboxylic acids is 5. The van der Waals surface area contributed by atoms with E-state index in [1.165, 1.54) is 17.2 Å². The molecular formula is C22H27ClN4O10S. The third-order valence-electron chi connectivity index (χ3n) is 4.80. The Morgan fingerprint density at radius 1 is 0.816 bits per heavy atom. The van der Waals surface area contributed by atoms with Crippen LogP contribution < -0.4 is 0 Å². The van der Waals surface area contributed by atoms with Gasteiger partial charge < -0.3 is 23.7 Å². The smallest absolute Gasteiger partial charge is 0.303 e. The van der Waals surface area contributed by atoms with Gasteiger partial charge in [0, 0.05) is 34.6 Å². The molecule has 0 fully saturated rings. The number of imidazole rings is 1. The van der Waals surface area contributed by atoms with Gasteiger partial charge >= 0.3 is 29.8 Å². The van der Waals surface area contributed by atoms with Crippen LogP contribution in [0.5, 0.6) is 0 Å². The van der Waals surface area contributed by atoms with Crippen molar-refractivity contribution in [2.45, 2.75) is 64.4 Å². The summed E-state index contributed by atoms with van der Waals surface area (Å²) in [6, 6.07) is 0. The molecular weight excluding hydrogens is 548 g/mol. The first-order valence-corrected chi connectivity index (χ1v) is 12.7. The lowest BCUT2D eigenvalue weighted by atomic mass is 10.0. The summed E-state index contributed by atoms with van der Waals surface area (Å²) in [5, 5.41) is -0.827. The van der Waals surface area contributed by atoms with Crippen molar-refractivity contribution in [1.29, 1.82) is 0 Å². The predicted octanol–water partition coefficient (Wildman–Crippen LogP) is 1.63. The van der Waals surface area contributed by atoms with Crippen LogP contribution in [0.1, 0.15) is 40.0 Å². The second-order valence-electron chi connectivity index (χ2n) is 7.79. The number of carbonyl (C=O) groups is 5. The molecule has 2 aromatic rings. The molecule has 0 aliphatic rings. The summed E-state index contributed by atoms with van der Waals surface area (Å²) in [6.45, 7) is 4.94. The van der Waals surface area contributed by atoms with Gasteiger partial charge in [0.2, 0.25) is 0 Å². The Bertz CT molecular complexity index is 1190. The van der Waals surface area contributed by atoms with Crippen molar-refractivity contribution in [3.05, 3.63) is 17.8 Å². The molecule has 0 saturated heterocycles. The van der Waals surface area contributed by atoms with Crippen LogP contribution >= 0.6 is 23.4 Å². The third-order valence-corrected chi connectivity index (χ3v) is 6.05. The van der Waals surface area contributed by atoms with Crippen LogP contribution in [0.4, 0.5) is 0 Å².